The van der Waals surface area contributed by atoms with Gasteiger partial charge in [-0.25, -0.2) is 0 Å². The molecule has 18 heavy (non-hydrogen) atoms. The third-order valence-electron chi connectivity index (χ3n) is 3.03. The summed E-state index contributed by atoms with van der Waals surface area (Å²) in [4.78, 5) is 22.9. The summed E-state index contributed by atoms with van der Waals surface area (Å²) in [5, 5.41) is 11.7. The lowest BCUT2D eigenvalue weighted by Crippen LogP contribution is -2.42. The maximum Gasteiger partial charge on any atom is 0.311 e. The first kappa shape index (κ1) is 12.6. The first-order valence-electron chi connectivity index (χ1n) is 5.76. The number of aliphatic carboxylic acids is 1. The van der Waals surface area contributed by atoms with Gasteiger partial charge in [0.25, 0.3) is 5.91 Å². The van der Waals surface area contributed by atoms with Crippen LogP contribution in [-0.4, -0.2) is 36.2 Å². The van der Waals surface area contributed by atoms with Gasteiger partial charge in [-0.05, 0) is 19.1 Å². The molecule has 1 fully saturated rings. The third-order valence-corrected chi connectivity index (χ3v) is 3.03. The second-order valence-electron chi connectivity index (χ2n) is 4.43. The highest BCUT2D eigenvalue weighted by atomic mass is 16.5. The van der Waals surface area contributed by atoms with Crippen LogP contribution in [0.1, 0.15) is 15.9 Å². The summed E-state index contributed by atoms with van der Waals surface area (Å²) in [5.41, 5.74) is 1.59. The number of ether oxygens (including phenoxy) is 1. The second-order valence-corrected chi connectivity index (χ2v) is 4.43. The molecule has 0 radical (unpaired) electrons. The highest BCUT2D eigenvalue weighted by molar-refractivity contribution is 5.94. The quantitative estimate of drug-likeness (QED) is 0.831. The number of amides is 1. The molecule has 0 spiro atoms. The average Bonchev–Trinajstić information content (AvgIpc) is 2.78. The van der Waals surface area contributed by atoms with Crippen LogP contribution < -0.4 is 5.32 Å². The highest BCUT2D eigenvalue weighted by Gasteiger charge is 2.35. The molecule has 1 aromatic rings. The summed E-state index contributed by atoms with van der Waals surface area (Å²) in [7, 11) is 0. The molecule has 0 aliphatic carbocycles. The Morgan fingerprint density at radius 2 is 1.94 bits per heavy atom. The Bertz CT molecular complexity index is 455. The van der Waals surface area contributed by atoms with E-state index in [9.17, 15) is 9.59 Å². The van der Waals surface area contributed by atoms with Gasteiger partial charge < -0.3 is 15.2 Å². The Morgan fingerprint density at radius 3 is 2.56 bits per heavy atom. The van der Waals surface area contributed by atoms with E-state index in [2.05, 4.69) is 5.32 Å². The van der Waals surface area contributed by atoms with Crippen LogP contribution >= 0.6 is 0 Å². The van der Waals surface area contributed by atoms with Crippen molar-refractivity contribution in [1.82, 2.24) is 5.32 Å². The lowest BCUT2D eigenvalue weighted by molar-refractivity contribution is -0.142. The van der Waals surface area contributed by atoms with Crippen molar-refractivity contribution in [2.45, 2.75) is 13.0 Å². The van der Waals surface area contributed by atoms with E-state index < -0.39 is 17.9 Å². The molecule has 2 unspecified atom stereocenters. The van der Waals surface area contributed by atoms with Crippen molar-refractivity contribution in [1.29, 1.82) is 0 Å². The van der Waals surface area contributed by atoms with E-state index in [0.717, 1.165) is 5.56 Å². The molecular weight excluding hydrogens is 234 g/mol. The zero-order chi connectivity index (χ0) is 13.1. The standard InChI is InChI=1S/C13H15NO4/c1-8-2-4-9(5-3-8)12(15)14-11-7-18-6-10(11)13(16)17/h2-5,10-11H,6-7H2,1H3,(H,14,15)(H,16,17). The Balaban J connectivity index is 2.03. The van der Waals surface area contributed by atoms with Gasteiger partial charge in [0.2, 0.25) is 0 Å². The van der Waals surface area contributed by atoms with E-state index in [0.29, 0.717) is 5.56 Å². The van der Waals surface area contributed by atoms with Gasteiger partial charge in [0.15, 0.2) is 0 Å². The number of hydrogen-bond donors (Lipinski definition) is 2. The van der Waals surface area contributed by atoms with Crippen LogP contribution in [0.4, 0.5) is 0 Å². The van der Waals surface area contributed by atoms with Crippen molar-refractivity contribution in [3.05, 3.63) is 35.4 Å². The van der Waals surface area contributed by atoms with Crippen molar-refractivity contribution in [3.8, 4) is 0 Å². The topological polar surface area (TPSA) is 75.6 Å². The first-order valence-corrected chi connectivity index (χ1v) is 5.76. The molecule has 0 bridgehead atoms. The molecular formula is C13H15NO4. The van der Waals surface area contributed by atoms with Crippen molar-refractivity contribution >= 4 is 11.9 Å². The van der Waals surface area contributed by atoms with E-state index in [1.54, 1.807) is 12.1 Å². The summed E-state index contributed by atoms with van der Waals surface area (Å²) in [5.74, 6) is -1.88. The summed E-state index contributed by atoms with van der Waals surface area (Å²) in [6.45, 7) is 2.33. The third kappa shape index (κ3) is 2.68. The van der Waals surface area contributed by atoms with E-state index in [-0.39, 0.29) is 19.1 Å². The molecule has 1 amide bonds. The molecule has 2 atom stereocenters. The molecule has 2 rings (SSSR count). The smallest absolute Gasteiger partial charge is 0.311 e. The normalized spacial score (nSPS) is 22.7. The van der Waals surface area contributed by atoms with E-state index in [1.807, 2.05) is 19.1 Å². The van der Waals surface area contributed by atoms with Crippen molar-refractivity contribution in [3.63, 3.8) is 0 Å². The Morgan fingerprint density at radius 1 is 1.28 bits per heavy atom. The zero-order valence-electron chi connectivity index (χ0n) is 10.1. The molecule has 5 nitrogen and oxygen atoms in total. The molecule has 96 valence electrons. The maximum atomic E-state index is 11.9. The van der Waals surface area contributed by atoms with Crippen LogP contribution in [0, 0.1) is 12.8 Å². The molecule has 1 aliphatic heterocycles. The van der Waals surface area contributed by atoms with Gasteiger partial charge in [0.1, 0.15) is 5.92 Å². The van der Waals surface area contributed by atoms with Gasteiger partial charge in [-0.2, -0.15) is 0 Å². The maximum absolute atomic E-state index is 11.9. The van der Waals surface area contributed by atoms with E-state index in [4.69, 9.17) is 9.84 Å². The number of rotatable bonds is 3. The van der Waals surface area contributed by atoms with E-state index in [1.165, 1.54) is 0 Å². The summed E-state index contributed by atoms with van der Waals surface area (Å²) in [6, 6.07) is 6.66. The Kier molecular flexibility index (Phi) is 3.62. The van der Waals surface area contributed by atoms with Crippen LogP contribution in [-0.2, 0) is 9.53 Å². The summed E-state index contributed by atoms with van der Waals surface area (Å²) < 4.78 is 5.09. The SMILES string of the molecule is Cc1ccc(C(=O)NC2COCC2C(=O)O)cc1. The lowest BCUT2D eigenvalue weighted by atomic mass is 10.0. The van der Waals surface area contributed by atoms with Crippen molar-refractivity contribution < 1.29 is 19.4 Å². The predicted molar refractivity (Wildman–Crippen MR) is 64.4 cm³/mol. The molecule has 2 N–H and O–H groups in total. The average molecular weight is 249 g/mol. The van der Waals surface area contributed by atoms with Crippen molar-refractivity contribution in [2.24, 2.45) is 5.92 Å². The molecule has 0 saturated carbocycles. The minimum Gasteiger partial charge on any atom is -0.481 e. The lowest BCUT2D eigenvalue weighted by Gasteiger charge is -2.15. The van der Waals surface area contributed by atoms with Crippen LogP contribution in [0.5, 0.6) is 0 Å². The van der Waals surface area contributed by atoms with Crippen molar-refractivity contribution in [2.75, 3.05) is 13.2 Å². The fraction of sp³-hybridized carbons (Fsp3) is 0.385. The highest BCUT2D eigenvalue weighted by Crippen LogP contribution is 2.14. The van der Waals surface area contributed by atoms with Crippen LogP contribution in [0.3, 0.4) is 0 Å². The minimum absolute atomic E-state index is 0.147. The summed E-state index contributed by atoms with van der Waals surface area (Å²) in [6.07, 6.45) is 0. The van der Waals surface area contributed by atoms with Gasteiger partial charge in [-0.1, -0.05) is 17.7 Å². The van der Waals surface area contributed by atoms with Crippen LogP contribution in [0.15, 0.2) is 24.3 Å². The number of aryl methyl sites for hydroxylation is 1. The van der Waals surface area contributed by atoms with Gasteiger partial charge in [0, 0.05) is 5.56 Å². The largest absolute Gasteiger partial charge is 0.481 e. The number of carboxylic acids is 1. The number of nitrogens with one attached hydrogen (secondary N) is 1. The van der Waals surface area contributed by atoms with Gasteiger partial charge in [0.05, 0.1) is 19.3 Å². The minimum atomic E-state index is -0.943. The monoisotopic (exact) mass is 249 g/mol. The first-order chi connectivity index (χ1) is 8.58. The fourth-order valence-corrected chi connectivity index (χ4v) is 1.90. The number of carbonyl (C=O) groups excluding carboxylic acids is 1. The summed E-state index contributed by atoms with van der Waals surface area (Å²) >= 11 is 0. The van der Waals surface area contributed by atoms with Crippen LogP contribution in [0.2, 0.25) is 0 Å². The fourth-order valence-electron chi connectivity index (χ4n) is 1.90. The van der Waals surface area contributed by atoms with E-state index >= 15 is 0 Å². The molecule has 0 aromatic heterocycles. The zero-order valence-corrected chi connectivity index (χ0v) is 10.1. The molecule has 1 aliphatic rings. The number of carbonyl (C=O) groups is 2. The predicted octanol–water partition coefficient (Wildman–Crippen LogP) is 0.824. The molecule has 1 saturated heterocycles. The van der Waals surface area contributed by atoms with Gasteiger partial charge in [-0.15, -0.1) is 0 Å². The molecule has 5 heteroatoms. The number of carboxylic acid groups (broad SMARTS) is 1. The molecule has 1 heterocycles. The van der Waals surface area contributed by atoms with Crippen LogP contribution in [0.25, 0.3) is 0 Å². The number of benzene rings is 1. The van der Waals surface area contributed by atoms with Gasteiger partial charge in [-0.3, -0.25) is 9.59 Å². The number of hydrogen-bond acceptors (Lipinski definition) is 3. The molecule has 1 aromatic carbocycles. The van der Waals surface area contributed by atoms with Gasteiger partial charge >= 0.3 is 5.97 Å². The second kappa shape index (κ2) is 5.18. The Hall–Kier alpha value is -1.88. The Labute approximate surface area is 105 Å².